The number of benzene rings is 1. The Kier molecular flexibility index (Phi) is 3.41. The summed E-state index contributed by atoms with van der Waals surface area (Å²) < 4.78 is 2.33. The first-order valence-electron chi connectivity index (χ1n) is 6.61. The highest BCUT2D eigenvalue weighted by atomic mass is 32.2. The Morgan fingerprint density at radius 1 is 1.39 bits per heavy atom. The van der Waals surface area contributed by atoms with Crippen molar-refractivity contribution in [2.45, 2.75) is 42.9 Å². The first-order valence-corrected chi connectivity index (χ1v) is 7.49. The fraction of sp³-hybridized carbons (Fsp3) is 0.400. The molecule has 0 aliphatic carbocycles. The standard InChI is InChI=1S/C15H18N2S/c1-2-5-15-16-8-9-17(15)11-13-10-12-6-3-4-7-14(12)18-13/h3-4,6-9,13H,2,5,10-11H2,1H3. The highest BCUT2D eigenvalue weighted by Crippen LogP contribution is 2.37. The zero-order valence-corrected chi connectivity index (χ0v) is 11.5. The summed E-state index contributed by atoms with van der Waals surface area (Å²) in [7, 11) is 0. The summed E-state index contributed by atoms with van der Waals surface area (Å²) in [6.45, 7) is 3.29. The molecule has 1 unspecified atom stereocenters. The van der Waals surface area contributed by atoms with Crippen molar-refractivity contribution < 1.29 is 0 Å². The summed E-state index contributed by atoms with van der Waals surface area (Å²) in [6.07, 6.45) is 7.48. The lowest BCUT2D eigenvalue weighted by atomic mass is 10.1. The van der Waals surface area contributed by atoms with Crippen LogP contribution in [0.1, 0.15) is 24.7 Å². The summed E-state index contributed by atoms with van der Waals surface area (Å²) >= 11 is 2.01. The van der Waals surface area contributed by atoms with Gasteiger partial charge in [-0.05, 0) is 24.5 Å². The van der Waals surface area contributed by atoms with Crippen molar-refractivity contribution in [3.63, 3.8) is 0 Å². The maximum absolute atomic E-state index is 4.45. The van der Waals surface area contributed by atoms with Crippen molar-refractivity contribution in [3.05, 3.63) is 48.0 Å². The van der Waals surface area contributed by atoms with Gasteiger partial charge in [-0.25, -0.2) is 4.98 Å². The van der Waals surface area contributed by atoms with Gasteiger partial charge in [0.15, 0.2) is 0 Å². The number of aromatic nitrogens is 2. The lowest BCUT2D eigenvalue weighted by Gasteiger charge is -2.12. The van der Waals surface area contributed by atoms with Crippen LogP contribution in [0.5, 0.6) is 0 Å². The highest BCUT2D eigenvalue weighted by Gasteiger charge is 2.22. The Bertz CT molecular complexity index is 508. The Morgan fingerprint density at radius 3 is 3.11 bits per heavy atom. The average Bonchev–Trinajstić information content (AvgIpc) is 2.97. The summed E-state index contributed by atoms with van der Waals surface area (Å²) in [6, 6.07) is 8.76. The number of rotatable bonds is 4. The second-order valence-electron chi connectivity index (χ2n) is 4.80. The van der Waals surface area contributed by atoms with E-state index in [9.17, 15) is 0 Å². The van der Waals surface area contributed by atoms with Crippen molar-refractivity contribution >= 4 is 11.8 Å². The number of hydrogen-bond acceptors (Lipinski definition) is 2. The molecule has 0 N–H and O–H groups in total. The molecule has 2 nitrogen and oxygen atoms in total. The molecule has 1 aliphatic heterocycles. The van der Waals surface area contributed by atoms with Gasteiger partial charge in [-0.15, -0.1) is 11.8 Å². The van der Waals surface area contributed by atoms with E-state index in [2.05, 4.69) is 46.9 Å². The minimum atomic E-state index is 0.659. The first-order chi connectivity index (χ1) is 8.86. The molecule has 3 rings (SSSR count). The monoisotopic (exact) mass is 258 g/mol. The summed E-state index contributed by atoms with van der Waals surface area (Å²) in [5.41, 5.74) is 1.50. The van der Waals surface area contributed by atoms with E-state index in [-0.39, 0.29) is 0 Å². The molecule has 0 radical (unpaired) electrons. The Labute approximate surface area is 112 Å². The largest absolute Gasteiger partial charge is 0.334 e. The molecule has 1 aliphatic rings. The van der Waals surface area contributed by atoms with Gasteiger partial charge in [0, 0.05) is 35.5 Å². The van der Waals surface area contributed by atoms with Crippen molar-refractivity contribution in [1.29, 1.82) is 0 Å². The van der Waals surface area contributed by atoms with Gasteiger partial charge in [0.2, 0.25) is 0 Å². The minimum Gasteiger partial charge on any atom is -0.334 e. The third-order valence-corrected chi connectivity index (χ3v) is 4.69. The van der Waals surface area contributed by atoms with Crippen molar-refractivity contribution in [2.24, 2.45) is 0 Å². The van der Waals surface area contributed by atoms with E-state index in [1.165, 1.54) is 22.7 Å². The van der Waals surface area contributed by atoms with Crippen LogP contribution in [0, 0.1) is 0 Å². The lowest BCUT2D eigenvalue weighted by Crippen LogP contribution is -2.14. The molecule has 1 aromatic carbocycles. The molecule has 0 spiro atoms. The van der Waals surface area contributed by atoms with E-state index in [1.54, 1.807) is 0 Å². The molecule has 2 heterocycles. The van der Waals surface area contributed by atoms with E-state index in [4.69, 9.17) is 0 Å². The first kappa shape index (κ1) is 11.8. The minimum absolute atomic E-state index is 0.659. The molecule has 1 aromatic heterocycles. The SMILES string of the molecule is CCCc1nccn1CC1Cc2ccccc2S1. The second-order valence-corrected chi connectivity index (χ2v) is 6.14. The summed E-state index contributed by atoms with van der Waals surface area (Å²) in [5.74, 6) is 1.23. The summed E-state index contributed by atoms with van der Waals surface area (Å²) in [4.78, 5) is 5.91. The molecule has 18 heavy (non-hydrogen) atoms. The van der Waals surface area contributed by atoms with Crippen LogP contribution in [0.15, 0.2) is 41.6 Å². The Hall–Kier alpha value is -1.22. The highest BCUT2D eigenvalue weighted by molar-refractivity contribution is 8.00. The molecule has 2 aromatic rings. The van der Waals surface area contributed by atoms with Crippen LogP contribution in [-0.2, 0) is 19.4 Å². The topological polar surface area (TPSA) is 17.8 Å². The van der Waals surface area contributed by atoms with Crippen molar-refractivity contribution in [3.8, 4) is 0 Å². The van der Waals surface area contributed by atoms with Gasteiger partial charge in [0.1, 0.15) is 5.82 Å². The molecule has 0 saturated carbocycles. The molecule has 0 fully saturated rings. The van der Waals surface area contributed by atoms with Crippen LogP contribution in [0.3, 0.4) is 0 Å². The maximum atomic E-state index is 4.45. The van der Waals surface area contributed by atoms with E-state index in [0.29, 0.717) is 5.25 Å². The Balaban J connectivity index is 1.70. The third kappa shape index (κ3) is 2.32. The quantitative estimate of drug-likeness (QED) is 0.834. The molecule has 1 atom stereocenters. The normalized spacial score (nSPS) is 17.9. The van der Waals surface area contributed by atoms with Crippen molar-refractivity contribution in [2.75, 3.05) is 0 Å². The fourth-order valence-electron chi connectivity index (χ4n) is 2.53. The number of aryl methyl sites for hydroxylation is 1. The van der Waals surface area contributed by atoms with Gasteiger partial charge < -0.3 is 4.57 Å². The summed E-state index contributed by atoms with van der Waals surface area (Å²) in [5, 5.41) is 0.659. The van der Waals surface area contributed by atoms with E-state index in [0.717, 1.165) is 19.4 Å². The molecule has 3 heteroatoms. The molecule has 0 amide bonds. The molecule has 94 valence electrons. The zero-order chi connectivity index (χ0) is 12.4. The Morgan fingerprint density at radius 2 is 2.28 bits per heavy atom. The average molecular weight is 258 g/mol. The van der Waals surface area contributed by atoms with Crippen LogP contribution in [0.2, 0.25) is 0 Å². The van der Waals surface area contributed by atoms with E-state index < -0.39 is 0 Å². The van der Waals surface area contributed by atoms with Crippen LogP contribution in [0.4, 0.5) is 0 Å². The predicted molar refractivity (Wildman–Crippen MR) is 76.0 cm³/mol. The van der Waals surface area contributed by atoms with Crippen molar-refractivity contribution in [1.82, 2.24) is 9.55 Å². The van der Waals surface area contributed by atoms with Gasteiger partial charge >= 0.3 is 0 Å². The van der Waals surface area contributed by atoms with Gasteiger partial charge in [-0.2, -0.15) is 0 Å². The van der Waals surface area contributed by atoms with Crippen LogP contribution < -0.4 is 0 Å². The number of thioether (sulfide) groups is 1. The van der Waals surface area contributed by atoms with Gasteiger partial charge in [-0.1, -0.05) is 25.1 Å². The number of nitrogens with zero attached hydrogens (tertiary/aromatic N) is 2. The number of hydrogen-bond donors (Lipinski definition) is 0. The van der Waals surface area contributed by atoms with E-state index >= 15 is 0 Å². The maximum Gasteiger partial charge on any atom is 0.108 e. The number of fused-ring (bicyclic) bond motifs is 1. The molecule has 0 bridgehead atoms. The van der Waals surface area contributed by atoms with Gasteiger partial charge in [0.25, 0.3) is 0 Å². The third-order valence-electron chi connectivity index (χ3n) is 3.39. The van der Waals surface area contributed by atoms with Gasteiger partial charge in [-0.3, -0.25) is 0 Å². The van der Waals surface area contributed by atoms with Crippen LogP contribution >= 0.6 is 11.8 Å². The predicted octanol–water partition coefficient (Wildman–Crippen LogP) is 3.55. The zero-order valence-electron chi connectivity index (χ0n) is 10.7. The molecular weight excluding hydrogens is 240 g/mol. The lowest BCUT2D eigenvalue weighted by molar-refractivity contribution is 0.621. The smallest absolute Gasteiger partial charge is 0.108 e. The van der Waals surface area contributed by atoms with Crippen LogP contribution in [0.25, 0.3) is 0 Å². The number of imidazole rings is 1. The fourth-order valence-corrected chi connectivity index (χ4v) is 3.85. The molecular formula is C15H18N2S. The second kappa shape index (κ2) is 5.19. The van der Waals surface area contributed by atoms with Crippen LogP contribution in [-0.4, -0.2) is 14.8 Å². The molecule has 0 saturated heterocycles. The van der Waals surface area contributed by atoms with E-state index in [1.807, 2.05) is 18.0 Å². The van der Waals surface area contributed by atoms with Gasteiger partial charge in [0.05, 0.1) is 0 Å².